The van der Waals surface area contributed by atoms with Gasteiger partial charge in [0.2, 0.25) is 0 Å². The molecule has 4 heteroatoms. The number of hydrogen-bond acceptors (Lipinski definition) is 2. The molecule has 1 aliphatic carbocycles. The van der Waals surface area contributed by atoms with Crippen LogP contribution in [0.15, 0.2) is 22.7 Å². The second kappa shape index (κ2) is 4.18. The number of halogens is 1. The predicted molar refractivity (Wildman–Crippen MR) is 65.0 cm³/mol. The molecule has 0 amide bonds. The fourth-order valence-electron chi connectivity index (χ4n) is 2.10. The van der Waals surface area contributed by atoms with Gasteiger partial charge >= 0.3 is 5.97 Å². The van der Waals surface area contributed by atoms with E-state index in [0.717, 1.165) is 15.6 Å². The van der Waals surface area contributed by atoms with Gasteiger partial charge in [0.25, 0.3) is 0 Å². The number of carboxylic acids is 1. The van der Waals surface area contributed by atoms with Crippen molar-refractivity contribution in [3.8, 4) is 0 Å². The SMILES string of the molecule is Cc1ccc(Br)cc1C(N)C1CC1C(=O)O. The molecule has 1 fully saturated rings. The van der Waals surface area contributed by atoms with Gasteiger partial charge in [-0.1, -0.05) is 22.0 Å². The monoisotopic (exact) mass is 283 g/mol. The Bertz CT molecular complexity index is 433. The molecule has 3 unspecified atom stereocenters. The smallest absolute Gasteiger partial charge is 0.306 e. The Labute approximate surface area is 103 Å². The Morgan fingerprint density at radius 3 is 2.88 bits per heavy atom. The van der Waals surface area contributed by atoms with Crippen molar-refractivity contribution in [3.63, 3.8) is 0 Å². The Morgan fingerprint density at radius 2 is 2.31 bits per heavy atom. The van der Waals surface area contributed by atoms with Crippen LogP contribution in [-0.4, -0.2) is 11.1 Å². The van der Waals surface area contributed by atoms with Crippen LogP contribution in [0.5, 0.6) is 0 Å². The second-order valence-corrected chi connectivity index (χ2v) is 5.29. The largest absolute Gasteiger partial charge is 0.481 e. The van der Waals surface area contributed by atoms with Crippen LogP contribution in [0.25, 0.3) is 0 Å². The summed E-state index contributed by atoms with van der Waals surface area (Å²) in [6.07, 6.45) is 0.697. The number of hydrogen-bond donors (Lipinski definition) is 2. The van der Waals surface area contributed by atoms with Gasteiger partial charge in [-0.2, -0.15) is 0 Å². The zero-order chi connectivity index (χ0) is 11.9. The number of benzene rings is 1. The van der Waals surface area contributed by atoms with Crippen molar-refractivity contribution in [1.29, 1.82) is 0 Å². The fourth-order valence-corrected chi connectivity index (χ4v) is 2.48. The fraction of sp³-hybridized carbons (Fsp3) is 0.417. The lowest BCUT2D eigenvalue weighted by molar-refractivity contribution is -0.138. The van der Waals surface area contributed by atoms with Gasteiger partial charge in [-0.25, -0.2) is 0 Å². The number of carboxylic acid groups (broad SMARTS) is 1. The lowest BCUT2D eigenvalue weighted by atomic mass is 9.97. The van der Waals surface area contributed by atoms with Crippen LogP contribution >= 0.6 is 15.9 Å². The third-order valence-electron chi connectivity index (χ3n) is 3.22. The first-order valence-electron chi connectivity index (χ1n) is 5.25. The van der Waals surface area contributed by atoms with Crippen LogP contribution in [-0.2, 0) is 4.79 Å². The molecule has 0 saturated heterocycles. The predicted octanol–water partition coefficient (Wildman–Crippen LogP) is 2.48. The van der Waals surface area contributed by atoms with E-state index in [2.05, 4.69) is 15.9 Å². The summed E-state index contributed by atoms with van der Waals surface area (Å²) in [6, 6.07) is 5.78. The topological polar surface area (TPSA) is 63.3 Å². The highest BCUT2D eigenvalue weighted by Gasteiger charge is 2.47. The van der Waals surface area contributed by atoms with Crippen molar-refractivity contribution in [2.45, 2.75) is 19.4 Å². The van der Waals surface area contributed by atoms with Gasteiger partial charge in [-0.05, 0) is 42.5 Å². The minimum Gasteiger partial charge on any atom is -0.481 e. The maximum Gasteiger partial charge on any atom is 0.306 e. The summed E-state index contributed by atoms with van der Waals surface area (Å²) in [7, 11) is 0. The molecule has 1 aliphatic rings. The van der Waals surface area contributed by atoms with Gasteiger partial charge in [-0.3, -0.25) is 4.79 Å². The average molecular weight is 284 g/mol. The van der Waals surface area contributed by atoms with Gasteiger partial charge in [0.1, 0.15) is 0 Å². The molecule has 0 bridgehead atoms. The second-order valence-electron chi connectivity index (χ2n) is 4.37. The molecule has 0 spiro atoms. The van der Waals surface area contributed by atoms with E-state index in [4.69, 9.17) is 10.8 Å². The lowest BCUT2D eigenvalue weighted by Gasteiger charge is -2.14. The highest BCUT2D eigenvalue weighted by Crippen LogP contribution is 2.47. The molecular formula is C12H14BrNO2. The molecule has 1 saturated carbocycles. The normalized spacial score (nSPS) is 25.2. The molecule has 1 aromatic carbocycles. The Balaban J connectivity index is 2.19. The molecule has 1 aromatic rings. The van der Waals surface area contributed by atoms with Crippen molar-refractivity contribution in [3.05, 3.63) is 33.8 Å². The van der Waals surface area contributed by atoms with E-state index >= 15 is 0 Å². The Morgan fingerprint density at radius 1 is 1.62 bits per heavy atom. The summed E-state index contributed by atoms with van der Waals surface area (Å²) in [5, 5.41) is 8.88. The Kier molecular flexibility index (Phi) is 3.04. The molecule has 0 aliphatic heterocycles. The van der Waals surface area contributed by atoms with E-state index in [-0.39, 0.29) is 17.9 Å². The first kappa shape index (κ1) is 11.6. The van der Waals surface area contributed by atoms with Gasteiger partial charge in [0, 0.05) is 10.5 Å². The molecule has 3 nitrogen and oxygen atoms in total. The molecule has 2 rings (SSSR count). The quantitative estimate of drug-likeness (QED) is 0.896. The number of aliphatic carboxylic acids is 1. The van der Waals surface area contributed by atoms with Gasteiger partial charge in [-0.15, -0.1) is 0 Å². The number of nitrogens with two attached hydrogens (primary N) is 1. The first-order valence-corrected chi connectivity index (χ1v) is 6.04. The third kappa shape index (κ3) is 2.13. The molecule has 86 valence electrons. The summed E-state index contributed by atoms with van der Waals surface area (Å²) in [5.74, 6) is -0.896. The van der Waals surface area contributed by atoms with E-state index in [0.29, 0.717) is 6.42 Å². The molecule has 0 heterocycles. The van der Waals surface area contributed by atoms with Crippen molar-refractivity contribution in [2.24, 2.45) is 17.6 Å². The van der Waals surface area contributed by atoms with E-state index < -0.39 is 5.97 Å². The summed E-state index contributed by atoms with van der Waals surface area (Å²) in [5.41, 5.74) is 8.28. The van der Waals surface area contributed by atoms with Crippen LogP contribution in [0, 0.1) is 18.8 Å². The minimum absolute atomic E-state index is 0.0884. The molecular weight excluding hydrogens is 270 g/mol. The molecule has 3 N–H and O–H groups in total. The zero-order valence-corrected chi connectivity index (χ0v) is 10.6. The number of aryl methyl sites for hydroxylation is 1. The molecule has 0 aromatic heterocycles. The van der Waals surface area contributed by atoms with Gasteiger partial charge < -0.3 is 10.8 Å². The third-order valence-corrected chi connectivity index (χ3v) is 3.71. The highest BCUT2D eigenvalue weighted by molar-refractivity contribution is 9.10. The maximum atomic E-state index is 10.8. The minimum atomic E-state index is -0.729. The Hall–Kier alpha value is -0.870. The average Bonchev–Trinajstić information content (AvgIpc) is 3.00. The summed E-state index contributed by atoms with van der Waals surface area (Å²) < 4.78 is 0.982. The van der Waals surface area contributed by atoms with Gasteiger partial charge in [0.15, 0.2) is 0 Å². The van der Waals surface area contributed by atoms with Gasteiger partial charge in [0.05, 0.1) is 5.92 Å². The van der Waals surface area contributed by atoms with Crippen LogP contribution in [0.1, 0.15) is 23.6 Å². The number of carbonyl (C=O) groups is 1. The van der Waals surface area contributed by atoms with E-state index in [1.54, 1.807) is 0 Å². The van der Waals surface area contributed by atoms with Crippen molar-refractivity contribution in [1.82, 2.24) is 0 Å². The van der Waals surface area contributed by atoms with E-state index in [1.165, 1.54) is 0 Å². The highest BCUT2D eigenvalue weighted by atomic mass is 79.9. The number of rotatable bonds is 3. The summed E-state index contributed by atoms with van der Waals surface area (Å²) in [4.78, 5) is 10.8. The summed E-state index contributed by atoms with van der Waals surface area (Å²) >= 11 is 3.41. The maximum absolute atomic E-state index is 10.8. The molecule has 16 heavy (non-hydrogen) atoms. The zero-order valence-electron chi connectivity index (χ0n) is 8.98. The summed E-state index contributed by atoms with van der Waals surface area (Å²) in [6.45, 7) is 2.00. The molecule has 0 radical (unpaired) electrons. The standard InChI is InChI=1S/C12H14BrNO2/c1-6-2-3-7(13)4-8(6)11(14)9-5-10(9)12(15)16/h2-4,9-11H,5,14H2,1H3,(H,15,16). The van der Waals surface area contributed by atoms with E-state index in [9.17, 15) is 4.79 Å². The van der Waals surface area contributed by atoms with Crippen molar-refractivity contribution < 1.29 is 9.90 Å². The van der Waals surface area contributed by atoms with Crippen molar-refractivity contribution >= 4 is 21.9 Å². The van der Waals surface area contributed by atoms with Crippen LogP contribution in [0.3, 0.4) is 0 Å². The van der Waals surface area contributed by atoms with Crippen LogP contribution in [0.4, 0.5) is 0 Å². The van der Waals surface area contributed by atoms with Crippen molar-refractivity contribution in [2.75, 3.05) is 0 Å². The van der Waals surface area contributed by atoms with Crippen LogP contribution < -0.4 is 5.73 Å². The van der Waals surface area contributed by atoms with E-state index in [1.807, 2.05) is 25.1 Å². The molecule has 3 atom stereocenters. The lowest BCUT2D eigenvalue weighted by Crippen LogP contribution is -2.16. The first-order chi connectivity index (χ1) is 7.50. The van der Waals surface area contributed by atoms with Crippen LogP contribution in [0.2, 0.25) is 0 Å².